The monoisotopic (exact) mass is 910 g/mol. The SMILES string of the molecule is CC(=O)C(CC(=O)NCCNC(=O)CCN1C(=O)CC(C)C1=O)CC(=O)NCCNC(=O)CCN1C(=O)CC(C)C1=O.CCNC(=O)OCC(COC(=O)NCC)OCCCC(C)=O. The average Bonchev–Trinajstić information content (AvgIpc) is 3.62. The molecule has 23 nitrogen and oxygen atoms in total. The Morgan fingerprint density at radius 2 is 0.984 bits per heavy atom. The van der Waals surface area contributed by atoms with Crippen molar-refractivity contribution in [3.8, 4) is 0 Å². The van der Waals surface area contributed by atoms with Gasteiger partial charge in [0.2, 0.25) is 47.3 Å². The smallest absolute Gasteiger partial charge is 0.407 e. The van der Waals surface area contributed by atoms with Crippen molar-refractivity contribution in [2.75, 3.05) is 72.2 Å². The Balaban J connectivity index is 0.000000785. The van der Waals surface area contributed by atoms with Gasteiger partial charge in [0.15, 0.2) is 0 Å². The molecule has 23 heteroatoms. The highest BCUT2D eigenvalue weighted by atomic mass is 16.6. The van der Waals surface area contributed by atoms with Crippen LogP contribution in [-0.2, 0) is 62.2 Å². The zero-order valence-electron chi connectivity index (χ0n) is 37.8. The maximum atomic E-state index is 12.3. The largest absolute Gasteiger partial charge is 0.447 e. The highest BCUT2D eigenvalue weighted by Gasteiger charge is 2.36. The predicted octanol–water partition coefficient (Wildman–Crippen LogP) is -0.760. The van der Waals surface area contributed by atoms with Gasteiger partial charge in [-0.05, 0) is 34.1 Å². The molecule has 2 unspecified atom stereocenters. The number of imide groups is 2. The van der Waals surface area contributed by atoms with Gasteiger partial charge >= 0.3 is 12.2 Å². The molecule has 2 aliphatic rings. The van der Waals surface area contributed by atoms with Crippen LogP contribution in [0.1, 0.15) is 92.9 Å². The standard InChI is InChI=1S/C27H40N6O9.C14H26N2O6/c1-16-12-24(39)32(26(16)41)10-4-20(35)28-6-8-30-22(37)14-19(18(3)34)15-23(38)31-9-7-29-21(36)5-11-33-25(40)13-17(2)27(33)42;1-4-15-13(18)21-9-12(10-22-14(19)16-5-2)20-8-6-7-11(3)17/h16-17,19H,4-15H2,1-3H3,(H,28,35)(H,29,36)(H,30,37)(H,31,38);12H,4-10H2,1-3H3,(H,15,18)(H,16,19). The summed E-state index contributed by atoms with van der Waals surface area (Å²) in [5.74, 6) is -4.78. The third-order valence-electron chi connectivity index (χ3n) is 9.51. The van der Waals surface area contributed by atoms with Crippen LogP contribution in [0.15, 0.2) is 0 Å². The number of Topliss-reactive ketones (excluding diaryl/α,β-unsaturated/α-hetero) is 2. The third-order valence-corrected chi connectivity index (χ3v) is 9.51. The molecule has 2 fully saturated rings. The lowest BCUT2D eigenvalue weighted by Gasteiger charge is -2.18. The van der Waals surface area contributed by atoms with Crippen molar-refractivity contribution in [2.45, 2.75) is 99.0 Å². The molecule has 0 radical (unpaired) electrons. The van der Waals surface area contributed by atoms with Crippen molar-refractivity contribution in [3.63, 3.8) is 0 Å². The van der Waals surface area contributed by atoms with Crippen molar-refractivity contribution in [2.24, 2.45) is 17.8 Å². The first-order chi connectivity index (χ1) is 30.3. The van der Waals surface area contributed by atoms with E-state index in [1.165, 1.54) is 13.8 Å². The summed E-state index contributed by atoms with van der Waals surface area (Å²) in [7, 11) is 0. The van der Waals surface area contributed by atoms with Gasteiger partial charge in [0, 0.05) is 122 Å². The molecule has 2 heterocycles. The van der Waals surface area contributed by atoms with E-state index in [4.69, 9.17) is 14.2 Å². The molecule has 0 spiro atoms. The molecule has 2 aliphatic heterocycles. The van der Waals surface area contributed by atoms with Crippen molar-refractivity contribution in [3.05, 3.63) is 0 Å². The van der Waals surface area contributed by atoms with E-state index in [1.807, 2.05) is 0 Å². The molecule has 0 aromatic carbocycles. The summed E-state index contributed by atoms with van der Waals surface area (Å²) in [5.41, 5.74) is 0. The molecule has 0 aromatic rings. The van der Waals surface area contributed by atoms with Gasteiger partial charge in [-0.1, -0.05) is 13.8 Å². The van der Waals surface area contributed by atoms with Gasteiger partial charge < -0.3 is 50.9 Å². The Hall–Kier alpha value is -6.00. The lowest BCUT2D eigenvalue weighted by Crippen LogP contribution is -2.39. The molecule has 0 aromatic heterocycles. The van der Waals surface area contributed by atoms with Crippen molar-refractivity contribution < 1.29 is 71.7 Å². The van der Waals surface area contributed by atoms with Crippen LogP contribution < -0.4 is 31.9 Å². The quantitative estimate of drug-likeness (QED) is 0.0415. The number of hydrogen-bond donors (Lipinski definition) is 6. The number of carbonyl (C=O) groups is 12. The second kappa shape index (κ2) is 30.9. The van der Waals surface area contributed by atoms with Crippen LogP contribution in [0, 0.1) is 17.8 Å². The highest BCUT2D eigenvalue weighted by molar-refractivity contribution is 6.04. The molecule has 10 amide bonds. The summed E-state index contributed by atoms with van der Waals surface area (Å²) in [6.07, 6.45) is -0.979. The Morgan fingerprint density at radius 3 is 1.31 bits per heavy atom. The summed E-state index contributed by atoms with van der Waals surface area (Å²) < 4.78 is 15.4. The van der Waals surface area contributed by atoms with E-state index < -0.39 is 36.0 Å². The Bertz CT molecular complexity index is 1560. The lowest BCUT2D eigenvalue weighted by atomic mass is 9.96. The van der Waals surface area contributed by atoms with Crippen molar-refractivity contribution in [1.29, 1.82) is 0 Å². The summed E-state index contributed by atoms with van der Waals surface area (Å²) in [4.78, 5) is 143. The van der Waals surface area contributed by atoms with E-state index in [9.17, 15) is 57.5 Å². The van der Waals surface area contributed by atoms with Crippen LogP contribution in [0.5, 0.6) is 0 Å². The summed E-state index contributed by atoms with van der Waals surface area (Å²) in [6, 6.07) is 0. The van der Waals surface area contributed by atoms with E-state index in [0.717, 1.165) is 9.80 Å². The third kappa shape index (κ3) is 23.4. The minimum Gasteiger partial charge on any atom is -0.447 e. The molecule has 2 rings (SSSR count). The maximum absolute atomic E-state index is 12.3. The van der Waals surface area contributed by atoms with Gasteiger partial charge in [0.1, 0.15) is 30.9 Å². The molecule has 360 valence electrons. The fourth-order valence-electron chi connectivity index (χ4n) is 5.97. The van der Waals surface area contributed by atoms with Gasteiger partial charge in [-0.2, -0.15) is 0 Å². The number of ether oxygens (including phenoxy) is 3. The highest BCUT2D eigenvalue weighted by Crippen LogP contribution is 2.19. The van der Waals surface area contributed by atoms with E-state index >= 15 is 0 Å². The Kier molecular flexibility index (Phi) is 27.1. The number of nitrogens with zero attached hydrogens (tertiary/aromatic N) is 2. The molecule has 0 bridgehead atoms. The minimum absolute atomic E-state index is 0.00259. The number of carbonyl (C=O) groups excluding carboxylic acids is 12. The number of nitrogens with one attached hydrogen (secondary N) is 6. The summed E-state index contributed by atoms with van der Waals surface area (Å²) >= 11 is 0. The fourth-order valence-corrected chi connectivity index (χ4v) is 5.97. The number of amides is 10. The van der Waals surface area contributed by atoms with E-state index in [0.29, 0.717) is 32.5 Å². The molecule has 6 N–H and O–H groups in total. The zero-order valence-corrected chi connectivity index (χ0v) is 37.8. The molecule has 2 atom stereocenters. The fraction of sp³-hybridized carbons (Fsp3) is 0.707. The van der Waals surface area contributed by atoms with Crippen molar-refractivity contribution >= 4 is 71.0 Å². The second-order valence-electron chi connectivity index (χ2n) is 15.1. The molecule has 64 heavy (non-hydrogen) atoms. The molecule has 2 saturated heterocycles. The number of likely N-dealkylation sites (tertiary alicyclic amines) is 2. The molecular formula is C41H66N8O15. The predicted molar refractivity (Wildman–Crippen MR) is 225 cm³/mol. The van der Waals surface area contributed by atoms with Crippen LogP contribution in [0.3, 0.4) is 0 Å². The topological polar surface area (TPSA) is 311 Å². The average molecular weight is 911 g/mol. The first-order valence-electron chi connectivity index (χ1n) is 21.5. The van der Waals surface area contributed by atoms with Gasteiger partial charge in [-0.25, -0.2) is 9.59 Å². The first kappa shape index (κ1) is 56.0. The Labute approximate surface area is 372 Å². The van der Waals surface area contributed by atoms with Crippen LogP contribution in [-0.4, -0.2) is 159 Å². The lowest BCUT2D eigenvalue weighted by molar-refractivity contribution is -0.141. The molecular weight excluding hydrogens is 844 g/mol. The van der Waals surface area contributed by atoms with Crippen LogP contribution in [0.4, 0.5) is 9.59 Å². The number of rotatable bonds is 28. The molecule has 0 aliphatic carbocycles. The maximum Gasteiger partial charge on any atom is 0.407 e. The number of alkyl carbamates (subject to hydrolysis) is 2. The van der Waals surface area contributed by atoms with Gasteiger partial charge in [0.05, 0.1) is 0 Å². The van der Waals surface area contributed by atoms with Crippen LogP contribution in [0.25, 0.3) is 0 Å². The minimum atomic E-state index is -0.856. The van der Waals surface area contributed by atoms with Gasteiger partial charge in [0.25, 0.3) is 0 Å². The number of hydrogen-bond acceptors (Lipinski definition) is 15. The van der Waals surface area contributed by atoms with Gasteiger partial charge in [-0.3, -0.25) is 53.0 Å². The normalized spacial score (nSPS) is 16.0. The molecule has 0 saturated carbocycles. The Morgan fingerprint density at radius 1 is 0.594 bits per heavy atom. The summed E-state index contributed by atoms with van der Waals surface area (Å²) in [5, 5.41) is 15.3. The van der Waals surface area contributed by atoms with Crippen molar-refractivity contribution in [1.82, 2.24) is 41.7 Å². The second-order valence-corrected chi connectivity index (χ2v) is 15.1. The van der Waals surface area contributed by atoms with Gasteiger partial charge in [-0.15, -0.1) is 0 Å². The first-order valence-corrected chi connectivity index (χ1v) is 21.5. The number of ketones is 2. The van der Waals surface area contributed by atoms with E-state index in [1.54, 1.807) is 27.7 Å². The zero-order chi connectivity index (χ0) is 48.2. The van der Waals surface area contributed by atoms with E-state index in [2.05, 4.69) is 31.9 Å². The summed E-state index contributed by atoms with van der Waals surface area (Å²) in [6.45, 7) is 11.2. The van der Waals surface area contributed by atoms with Crippen LogP contribution >= 0.6 is 0 Å². The van der Waals surface area contributed by atoms with E-state index in [-0.39, 0.29) is 150 Å². The van der Waals surface area contributed by atoms with Crippen LogP contribution in [0.2, 0.25) is 0 Å².